The summed E-state index contributed by atoms with van der Waals surface area (Å²) >= 11 is 0.797. The van der Waals surface area contributed by atoms with Crippen LogP contribution in [-0.2, 0) is 25.2 Å². The summed E-state index contributed by atoms with van der Waals surface area (Å²) in [6.07, 6.45) is 1.32. The molecule has 0 spiro atoms. The van der Waals surface area contributed by atoms with E-state index in [1.165, 1.54) is 0 Å². The number of rotatable bonds is 4. The molecule has 164 valence electrons. The van der Waals surface area contributed by atoms with Crippen molar-refractivity contribution in [3.05, 3.63) is 33.7 Å². The van der Waals surface area contributed by atoms with Crippen molar-refractivity contribution in [2.24, 2.45) is 0 Å². The number of thioether (sulfide) groups is 1. The van der Waals surface area contributed by atoms with Crippen LogP contribution in [0.1, 0.15) is 72.1 Å². The Morgan fingerprint density at radius 3 is 2.03 bits per heavy atom. The first-order valence-electron chi connectivity index (χ1n) is 9.94. The van der Waals surface area contributed by atoms with E-state index in [9.17, 15) is 19.5 Å². The van der Waals surface area contributed by atoms with E-state index in [1.807, 2.05) is 53.7 Å². The van der Waals surface area contributed by atoms with Crippen LogP contribution in [0, 0.1) is 0 Å². The summed E-state index contributed by atoms with van der Waals surface area (Å²) in [5, 5.41) is 10.3. The summed E-state index contributed by atoms with van der Waals surface area (Å²) in [5.74, 6) is -0.895. The van der Waals surface area contributed by atoms with Crippen LogP contribution < -0.4 is 0 Å². The monoisotopic (exact) mass is 433 g/mol. The van der Waals surface area contributed by atoms with Gasteiger partial charge in [-0.3, -0.25) is 19.3 Å². The predicted octanol–water partition coefficient (Wildman–Crippen LogP) is 4.98. The largest absolute Gasteiger partial charge is 0.507 e. The molecule has 1 N–H and O–H groups in total. The summed E-state index contributed by atoms with van der Waals surface area (Å²) in [6.45, 7) is 15.0. The minimum absolute atomic E-state index is 0.239. The topological polar surface area (TPSA) is 83.9 Å². The smallest absolute Gasteiger partial charge is 0.326 e. The van der Waals surface area contributed by atoms with Crippen molar-refractivity contribution in [1.82, 2.24) is 4.90 Å². The van der Waals surface area contributed by atoms with Crippen LogP contribution in [0.4, 0.5) is 4.79 Å². The fourth-order valence-electron chi connectivity index (χ4n) is 3.10. The first kappa shape index (κ1) is 24.0. The number of esters is 1. The van der Waals surface area contributed by atoms with E-state index in [2.05, 4.69) is 0 Å². The highest BCUT2D eigenvalue weighted by Gasteiger charge is 2.37. The Kier molecular flexibility index (Phi) is 6.76. The molecule has 7 heteroatoms. The van der Waals surface area contributed by atoms with E-state index < -0.39 is 23.7 Å². The highest BCUT2D eigenvalue weighted by molar-refractivity contribution is 8.18. The fourth-order valence-corrected chi connectivity index (χ4v) is 3.94. The molecule has 1 fully saturated rings. The maximum atomic E-state index is 12.7. The van der Waals surface area contributed by atoms with Crippen LogP contribution in [0.25, 0.3) is 6.08 Å². The summed E-state index contributed by atoms with van der Waals surface area (Å²) in [6, 6.07) is 3.68. The standard InChI is InChI=1S/C23H31NO5S/c1-13(2)29-18(25)12-24-20(27)17(30-21(24)28)11-14-9-15(22(3,4)5)19(26)16(10-14)23(6,7)8/h9-11,13,26H,12H2,1-8H3/b17-11-. The van der Waals surface area contributed by atoms with Gasteiger partial charge >= 0.3 is 5.97 Å². The third-order valence-corrected chi connectivity index (χ3v) is 5.48. The second kappa shape index (κ2) is 8.46. The number of benzene rings is 1. The van der Waals surface area contributed by atoms with Crippen LogP contribution in [0.2, 0.25) is 0 Å². The highest BCUT2D eigenvalue weighted by Crippen LogP contribution is 2.41. The van der Waals surface area contributed by atoms with E-state index in [0.717, 1.165) is 33.4 Å². The molecule has 0 bridgehead atoms. The summed E-state index contributed by atoms with van der Waals surface area (Å²) in [5.41, 5.74) is 1.63. The Hall–Kier alpha value is -2.28. The SMILES string of the molecule is CC(C)OC(=O)CN1C(=O)S/C(=C\c2cc(C(C)(C)C)c(O)c(C(C)(C)C)c2)C1=O. The Bertz CT molecular complexity index is 868. The van der Waals surface area contributed by atoms with Crippen molar-refractivity contribution >= 4 is 35.0 Å². The molecule has 1 aromatic rings. The number of imide groups is 1. The lowest BCUT2D eigenvalue weighted by atomic mass is 9.78. The third-order valence-electron chi connectivity index (χ3n) is 4.57. The molecule has 0 radical (unpaired) electrons. The molecule has 2 amide bonds. The van der Waals surface area contributed by atoms with Gasteiger partial charge in [0.15, 0.2) is 0 Å². The molecular weight excluding hydrogens is 402 g/mol. The number of amides is 2. The molecule has 1 aromatic carbocycles. The second-order valence-corrected chi connectivity index (χ2v) is 10.8. The molecule has 1 aliphatic heterocycles. The zero-order valence-corrected chi connectivity index (χ0v) is 19.8. The Morgan fingerprint density at radius 2 is 1.60 bits per heavy atom. The maximum Gasteiger partial charge on any atom is 0.326 e. The van der Waals surface area contributed by atoms with Gasteiger partial charge in [0.1, 0.15) is 12.3 Å². The molecule has 2 rings (SSSR count). The maximum absolute atomic E-state index is 12.7. The molecule has 1 saturated heterocycles. The van der Waals surface area contributed by atoms with Gasteiger partial charge in [-0.1, -0.05) is 41.5 Å². The lowest BCUT2D eigenvalue weighted by Crippen LogP contribution is -2.35. The first-order valence-corrected chi connectivity index (χ1v) is 10.8. The first-order chi connectivity index (χ1) is 13.6. The molecule has 30 heavy (non-hydrogen) atoms. The minimum atomic E-state index is -0.622. The number of ether oxygens (including phenoxy) is 1. The van der Waals surface area contributed by atoms with Gasteiger partial charge in [0.25, 0.3) is 11.1 Å². The van der Waals surface area contributed by atoms with Gasteiger partial charge in [-0.15, -0.1) is 0 Å². The van der Waals surface area contributed by atoms with E-state index in [4.69, 9.17) is 4.74 Å². The Balaban J connectivity index is 2.44. The van der Waals surface area contributed by atoms with Crippen LogP contribution in [0.5, 0.6) is 5.75 Å². The predicted molar refractivity (Wildman–Crippen MR) is 119 cm³/mol. The Morgan fingerprint density at radius 1 is 1.10 bits per heavy atom. The molecular formula is C23H31NO5S. The lowest BCUT2D eigenvalue weighted by Gasteiger charge is -2.28. The van der Waals surface area contributed by atoms with E-state index in [1.54, 1.807) is 19.9 Å². The summed E-state index contributed by atoms with van der Waals surface area (Å²) in [7, 11) is 0. The fraction of sp³-hybridized carbons (Fsp3) is 0.522. The minimum Gasteiger partial charge on any atom is -0.507 e. The normalized spacial score (nSPS) is 16.7. The van der Waals surface area contributed by atoms with Crippen molar-refractivity contribution in [3.63, 3.8) is 0 Å². The van der Waals surface area contributed by atoms with Crippen molar-refractivity contribution in [3.8, 4) is 5.75 Å². The van der Waals surface area contributed by atoms with Gasteiger partial charge < -0.3 is 9.84 Å². The average molecular weight is 434 g/mol. The number of nitrogens with zero attached hydrogens (tertiary/aromatic N) is 1. The lowest BCUT2D eigenvalue weighted by molar-refractivity contribution is -0.149. The second-order valence-electron chi connectivity index (χ2n) is 9.77. The highest BCUT2D eigenvalue weighted by atomic mass is 32.2. The zero-order chi connectivity index (χ0) is 23.0. The van der Waals surface area contributed by atoms with Crippen LogP contribution in [0.15, 0.2) is 17.0 Å². The average Bonchev–Trinajstić information content (AvgIpc) is 2.81. The van der Waals surface area contributed by atoms with Crippen molar-refractivity contribution in [2.75, 3.05) is 6.54 Å². The number of carbonyl (C=O) groups excluding carboxylic acids is 3. The molecule has 0 saturated carbocycles. The molecule has 0 atom stereocenters. The summed E-state index contributed by atoms with van der Waals surface area (Å²) in [4.78, 5) is 38.1. The number of carbonyl (C=O) groups is 3. The number of aromatic hydroxyl groups is 1. The number of phenolic OH excluding ortho intramolecular Hbond substituents is 1. The molecule has 6 nitrogen and oxygen atoms in total. The molecule has 1 heterocycles. The van der Waals surface area contributed by atoms with Gasteiger partial charge in [0, 0.05) is 11.1 Å². The molecule has 0 aromatic heterocycles. The number of hydrogen-bond donors (Lipinski definition) is 1. The van der Waals surface area contributed by atoms with Gasteiger partial charge in [0.05, 0.1) is 11.0 Å². The van der Waals surface area contributed by atoms with Gasteiger partial charge in [-0.25, -0.2) is 0 Å². The van der Waals surface area contributed by atoms with Crippen molar-refractivity contribution in [2.45, 2.75) is 72.3 Å². The Labute approximate surface area is 182 Å². The third kappa shape index (κ3) is 5.45. The quantitative estimate of drug-likeness (QED) is 0.533. The van der Waals surface area contributed by atoms with E-state index in [0.29, 0.717) is 0 Å². The van der Waals surface area contributed by atoms with Crippen molar-refractivity contribution < 1.29 is 24.2 Å². The number of phenols is 1. The van der Waals surface area contributed by atoms with Crippen molar-refractivity contribution in [1.29, 1.82) is 0 Å². The molecule has 0 aliphatic carbocycles. The molecule has 1 aliphatic rings. The van der Waals surface area contributed by atoms with Crippen LogP contribution in [0.3, 0.4) is 0 Å². The zero-order valence-electron chi connectivity index (χ0n) is 19.0. The summed E-state index contributed by atoms with van der Waals surface area (Å²) < 4.78 is 5.04. The molecule has 0 unspecified atom stereocenters. The van der Waals surface area contributed by atoms with E-state index >= 15 is 0 Å². The van der Waals surface area contributed by atoms with Gasteiger partial charge in [-0.05, 0) is 60.2 Å². The van der Waals surface area contributed by atoms with Gasteiger partial charge in [-0.2, -0.15) is 0 Å². The van der Waals surface area contributed by atoms with Gasteiger partial charge in [0.2, 0.25) is 0 Å². The number of hydrogen-bond acceptors (Lipinski definition) is 6. The van der Waals surface area contributed by atoms with E-state index in [-0.39, 0.29) is 27.6 Å². The van der Waals surface area contributed by atoms with Crippen LogP contribution in [-0.4, -0.2) is 39.8 Å². The van der Waals surface area contributed by atoms with Crippen LogP contribution >= 0.6 is 11.8 Å².